The summed E-state index contributed by atoms with van der Waals surface area (Å²) in [4.78, 5) is 0. The van der Waals surface area contributed by atoms with Crippen LogP contribution in [0.15, 0.2) is 60.7 Å². The third-order valence-corrected chi connectivity index (χ3v) is 7.68. The largest absolute Gasteiger partial charge is 0.500 e. The molecule has 1 atom stereocenters. The molecule has 0 aromatic heterocycles. The topological polar surface area (TPSA) is 65.7 Å². The molecule has 0 bridgehead atoms. The van der Waals surface area contributed by atoms with E-state index in [2.05, 4.69) is 66.0 Å². The number of hydrogen-bond acceptors (Lipinski definition) is 5. The molecule has 5 nitrogen and oxygen atoms in total. The standard InChI is InChI=1S/C22H34N2O3Si/c1-25-28(26-2,27-17-9-15-23)18-10-16-24-22(21-13-7-4-8-14-21)19-20-11-5-3-6-12-20/h3-8,11-14,22,24H,9-10,15-19,23H2,1-2H3. The minimum absolute atomic E-state index is 0.267. The minimum atomic E-state index is -2.60. The zero-order chi connectivity index (χ0) is 20.1. The Balaban J connectivity index is 1.91. The Morgan fingerprint density at radius 1 is 0.929 bits per heavy atom. The summed E-state index contributed by atoms with van der Waals surface area (Å²) in [5.41, 5.74) is 8.18. The van der Waals surface area contributed by atoms with Crippen LogP contribution in [-0.4, -0.2) is 42.7 Å². The summed E-state index contributed by atoms with van der Waals surface area (Å²) in [6, 6.07) is 22.2. The lowest BCUT2D eigenvalue weighted by Gasteiger charge is -2.27. The lowest BCUT2D eigenvalue weighted by molar-refractivity contribution is 0.0970. The van der Waals surface area contributed by atoms with Crippen LogP contribution in [0.3, 0.4) is 0 Å². The molecular formula is C22H34N2O3Si. The smallest absolute Gasteiger partial charge is 0.377 e. The van der Waals surface area contributed by atoms with Crippen LogP contribution in [-0.2, 0) is 19.7 Å². The van der Waals surface area contributed by atoms with Gasteiger partial charge in [0, 0.05) is 32.9 Å². The molecule has 0 aliphatic rings. The Morgan fingerprint density at radius 3 is 2.18 bits per heavy atom. The summed E-state index contributed by atoms with van der Waals surface area (Å²) in [6.45, 7) is 2.06. The fraction of sp³-hybridized carbons (Fsp3) is 0.455. The van der Waals surface area contributed by atoms with Gasteiger partial charge in [0.2, 0.25) is 0 Å². The van der Waals surface area contributed by atoms with Crippen molar-refractivity contribution >= 4 is 8.80 Å². The van der Waals surface area contributed by atoms with Crippen molar-refractivity contribution in [1.82, 2.24) is 5.32 Å². The maximum Gasteiger partial charge on any atom is 0.500 e. The van der Waals surface area contributed by atoms with Crippen LogP contribution >= 0.6 is 0 Å². The number of nitrogens with two attached hydrogens (primary N) is 1. The molecule has 0 spiro atoms. The molecule has 0 amide bonds. The monoisotopic (exact) mass is 402 g/mol. The summed E-state index contributed by atoms with van der Waals surface area (Å²) < 4.78 is 17.2. The summed E-state index contributed by atoms with van der Waals surface area (Å²) in [6.07, 6.45) is 2.69. The first kappa shape index (κ1) is 22.7. The summed E-state index contributed by atoms with van der Waals surface area (Å²) >= 11 is 0. The van der Waals surface area contributed by atoms with Crippen molar-refractivity contribution in [1.29, 1.82) is 0 Å². The highest BCUT2D eigenvalue weighted by atomic mass is 28.4. The fourth-order valence-electron chi connectivity index (χ4n) is 3.21. The first-order valence-corrected chi connectivity index (χ1v) is 11.9. The predicted molar refractivity (Wildman–Crippen MR) is 116 cm³/mol. The summed E-state index contributed by atoms with van der Waals surface area (Å²) in [7, 11) is 0.747. The van der Waals surface area contributed by atoms with Gasteiger partial charge in [0.05, 0.1) is 0 Å². The average molecular weight is 403 g/mol. The number of hydrogen-bond donors (Lipinski definition) is 2. The van der Waals surface area contributed by atoms with Gasteiger partial charge in [-0.15, -0.1) is 0 Å². The van der Waals surface area contributed by atoms with Gasteiger partial charge in [0.15, 0.2) is 0 Å². The van der Waals surface area contributed by atoms with Crippen LogP contribution in [0, 0.1) is 0 Å². The van der Waals surface area contributed by atoms with Gasteiger partial charge in [0.25, 0.3) is 0 Å². The van der Waals surface area contributed by atoms with E-state index in [0.29, 0.717) is 13.2 Å². The van der Waals surface area contributed by atoms with Gasteiger partial charge in [-0.25, -0.2) is 0 Å². The van der Waals surface area contributed by atoms with E-state index in [1.54, 1.807) is 14.2 Å². The van der Waals surface area contributed by atoms with E-state index in [-0.39, 0.29) is 6.04 Å². The molecule has 2 rings (SSSR count). The number of nitrogens with one attached hydrogen (secondary N) is 1. The highest BCUT2D eigenvalue weighted by Crippen LogP contribution is 2.20. The molecule has 2 aromatic carbocycles. The minimum Gasteiger partial charge on any atom is -0.377 e. The van der Waals surface area contributed by atoms with Gasteiger partial charge in [-0.3, -0.25) is 0 Å². The molecule has 0 aliphatic heterocycles. The molecule has 0 saturated carbocycles. The van der Waals surface area contributed by atoms with Gasteiger partial charge in [-0.05, 0) is 43.5 Å². The van der Waals surface area contributed by atoms with E-state index in [0.717, 1.165) is 31.9 Å². The Bertz CT molecular complexity index is 639. The highest BCUT2D eigenvalue weighted by molar-refractivity contribution is 6.60. The third kappa shape index (κ3) is 7.47. The van der Waals surface area contributed by atoms with Crippen molar-refractivity contribution in [3.63, 3.8) is 0 Å². The maximum atomic E-state index is 5.94. The second-order valence-corrected chi connectivity index (χ2v) is 9.76. The van der Waals surface area contributed by atoms with Crippen LogP contribution in [0.4, 0.5) is 0 Å². The van der Waals surface area contributed by atoms with Crippen molar-refractivity contribution in [2.75, 3.05) is 33.9 Å². The average Bonchev–Trinajstić information content (AvgIpc) is 2.76. The normalized spacial score (nSPS) is 12.8. The molecule has 0 radical (unpaired) electrons. The first-order valence-electron chi connectivity index (χ1n) is 9.99. The van der Waals surface area contributed by atoms with E-state index in [9.17, 15) is 0 Å². The second kappa shape index (κ2) is 12.8. The van der Waals surface area contributed by atoms with Crippen LogP contribution in [0.2, 0.25) is 6.04 Å². The van der Waals surface area contributed by atoms with Crippen LogP contribution in [0.5, 0.6) is 0 Å². The molecule has 0 fully saturated rings. The van der Waals surface area contributed by atoms with Gasteiger partial charge in [-0.1, -0.05) is 60.7 Å². The van der Waals surface area contributed by atoms with Crippen molar-refractivity contribution in [2.45, 2.75) is 31.3 Å². The Labute approximate surface area is 170 Å². The molecule has 0 heterocycles. The highest BCUT2D eigenvalue weighted by Gasteiger charge is 2.38. The second-order valence-electron chi connectivity index (χ2n) is 6.79. The molecule has 2 aromatic rings. The Hall–Kier alpha value is -1.54. The van der Waals surface area contributed by atoms with E-state index in [1.807, 2.05) is 0 Å². The molecule has 6 heteroatoms. The van der Waals surface area contributed by atoms with Crippen molar-refractivity contribution < 1.29 is 13.3 Å². The van der Waals surface area contributed by atoms with Crippen molar-refractivity contribution in [3.8, 4) is 0 Å². The predicted octanol–water partition coefficient (Wildman–Crippen LogP) is 3.55. The van der Waals surface area contributed by atoms with Crippen molar-refractivity contribution in [2.24, 2.45) is 5.73 Å². The Morgan fingerprint density at radius 2 is 1.57 bits per heavy atom. The quantitative estimate of drug-likeness (QED) is 0.374. The Kier molecular flexibility index (Phi) is 10.4. The van der Waals surface area contributed by atoms with Crippen LogP contribution < -0.4 is 11.1 Å². The van der Waals surface area contributed by atoms with Gasteiger partial charge in [-0.2, -0.15) is 0 Å². The molecule has 154 valence electrons. The molecule has 3 N–H and O–H groups in total. The molecular weight excluding hydrogens is 368 g/mol. The molecule has 0 saturated heterocycles. The van der Waals surface area contributed by atoms with Crippen LogP contribution in [0.25, 0.3) is 0 Å². The summed E-state index contributed by atoms with van der Waals surface area (Å²) in [5.74, 6) is 0. The number of benzene rings is 2. The molecule has 28 heavy (non-hydrogen) atoms. The summed E-state index contributed by atoms with van der Waals surface area (Å²) in [5, 5.41) is 3.71. The molecule has 1 unspecified atom stereocenters. The first-order chi connectivity index (χ1) is 13.7. The van der Waals surface area contributed by atoms with Gasteiger partial charge < -0.3 is 24.3 Å². The van der Waals surface area contributed by atoms with E-state index in [4.69, 9.17) is 19.0 Å². The lowest BCUT2D eigenvalue weighted by Crippen LogP contribution is -2.44. The fourth-order valence-corrected chi connectivity index (χ4v) is 5.23. The van der Waals surface area contributed by atoms with Gasteiger partial charge >= 0.3 is 8.80 Å². The zero-order valence-corrected chi connectivity index (χ0v) is 18.1. The van der Waals surface area contributed by atoms with Gasteiger partial charge in [0.1, 0.15) is 0 Å². The third-order valence-electron chi connectivity index (χ3n) is 4.83. The SMILES string of the molecule is CO[Si](CCCNC(Cc1ccccc1)c1ccccc1)(OC)OCCCN. The lowest BCUT2D eigenvalue weighted by atomic mass is 9.99. The number of rotatable bonds is 14. The van der Waals surface area contributed by atoms with Crippen molar-refractivity contribution in [3.05, 3.63) is 71.8 Å². The van der Waals surface area contributed by atoms with E-state index >= 15 is 0 Å². The van der Waals surface area contributed by atoms with E-state index in [1.165, 1.54) is 11.1 Å². The zero-order valence-electron chi connectivity index (χ0n) is 17.1. The molecule has 0 aliphatic carbocycles. The van der Waals surface area contributed by atoms with E-state index < -0.39 is 8.80 Å². The van der Waals surface area contributed by atoms with Crippen LogP contribution in [0.1, 0.15) is 30.0 Å². The maximum absolute atomic E-state index is 5.94.